The summed E-state index contributed by atoms with van der Waals surface area (Å²) in [5.74, 6) is 0. The van der Waals surface area contributed by atoms with Crippen LogP contribution in [-0.2, 0) is 0 Å². The summed E-state index contributed by atoms with van der Waals surface area (Å²) in [7, 11) is 0. The number of hydrogen-bond donors (Lipinski definition) is 2. The Hall–Kier alpha value is -0.0800. The van der Waals surface area contributed by atoms with E-state index in [1.807, 2.05) is 5.32 Å². The van der Waals surface area contributed by atoms with Gasteiger partial charge in [-0.1, -0.05) is 0 Å². The number of hydrogen-bond acceptors (Lipinski definition) is 2. The van der Waals surface area contributed by atoms with Gasteiger partial charge >= 0.3 is 0 Å². The minimum Gasteiger partial charge on any atom is -0.393 e. The lowest BCUT2D eigenvalue weighted by Gasteiger charge is -2.44. The van der Waals surface area contributed by atoms with E-state index in [2.05, 4.69) is 0 Å². The molecule has 0 amide bonds. The van der Waals surface area contributed by atoms with Crippen LogP contribution in [-0.4, -0.2) is 22.3 Å². The Morgan fingerprint density at radius 3 is 2.09 bits per heavy atom. The first-order valence-electron chi connectivity index (χ1n) is 9.28. The summed E-state index contributed by atoms with van der Waals surface area (Å²) in [6, 6.07) is 0. The van der Waals surface area contributed by atoms with Gasteiger partial charge in [0, 0.05) is 27.5 Å². The van der Waals surface area contributed by atoms with Crippen LogP contribution in [0.5, 0.6) is 0 Å². The van der Waals surface area contributed by atoms with E-state index in [9.17, 15) is 5.11 Å². The topological polar surface area (TPSA) is 32.3 Å². The minimum atomic E-state index is -3.26. The summed E-state index contributed by atoms with van der Waals surface area (Å²) in [4.78, 5) is 0. The smallest absolute Gasteiger partial charge is 0.0575 e. The molecule has 0 radical (unpaired) electrons. The van der Waals surface area contributed by atoms with E-state index in [4.69, 9.17) is 16.4 Å². The van der Waals surface area contributed by atoms with Gasteiger partial charge in [-0.05, 0) is 40.2 Å². The Morgan fingerprint density at radius 2 is 1.73 bits per heavy atom. The maximum absolute atomic E-state index is 9.99. The van der Waals surface area contributed by atoms with Gasteiger partial charge in [0.05, 0.1) is 6.10 Å². The highest BCUT2D eigenvalue weighted by molar-refractivity contribution is 4.96. The van der Waals surface area contributed by atoms with Crippen molar-refractivity contribution in [1.29, 1.82) is 0 Å². The third kappa shape index (κ3) is 2.46. The lowest BCUT2D eigenvalue weighted by atomic mass is 9.81. The molecule has 0 saturated carbocycles. The fourth-order valence-electron chi connectivity index (χ4n) is 1.25. The Balaban J connectivity index is 3.68. The Morgan fingerprint density at radius 1 is 1.27 bits per heavy atom. The molecule has 1 fully saturated rings. The van der Waals surface area contributed by atoms with Gasteiger partial charge in [0.15, 0.2) is 0 Å². The van der Waals surface area contributed by atoms with Gasteiger partial charge in [-0.25, -0.2) is 0 Å². The highest BCUT2D eigenvalue weighted by Gasteiger charge is 2.36. The maximum atomic E-state index is 9.99. The van der Waals surface area contributed by atoms with Gasteiger partial charge in [-0.3, -0.25) is 0 Å². The predicted molar refractivity (Wildman–Crippen MR) is 46.5 cm³/mol. The number of nitrogens with one attached hydrogen (secondary N) is 1. The third-order valence-electron chi connectivity index (χ3n) is 1.51. The molecule has 0 aromatic carbocycles. The second kappa shape index (κ2) is 2.46. The van der Waals surface area contributed by atoms with Crippen molar-refractivity contribution in [1.82, 2.24) is 5.32 Å². The molecular formula is C9H19NO. The largest absolute Gasteiger partial charge is 0.393 e. The van der Waals surface area contributed by atoms with Gasteiger partial charge in [0.1, 0.15) is 0 Å². The van der Waals surface area contributed by atoms with Crippen molar-refractivity contribution >= 4 is 0 Å². The zero-order valence-electron chi connectivity index (χ0n) is 17.9. The first-order chi connectivity index (χ1) is 9.81. The summed E-state index contributed by atoms with van der Waals surface area (Å²) >= 11 is 0. The van der Waals surface area contributed by atoms with E-state index < -0.39 is 57.4 Å². The molecule has 1 rings (SSSR count). The first-order valence-corrected chi connectivity index (χ1v) is 3.28. The standard InChI is InChI=1S/C9H19NO/c1-8(2)5-7(11)6-9(3,4)10-8/h7,10-11H,5-6H2,1-4H3/i1D3,2D3,3D3,4D3. The van der Waals surface area contributed by atoms with Gasteiger partial charge in [0.2, 0.25) is 0 Å². The average Bonchev–Trinajstić information content (AvgIpc) is 2.21. The summed E-state index contributed by atoms with van der Waals surface area (Å²) in [5, 5.41) is 12.0. The number of aliphatic hydroxyl groups excluding tert-OH is 1. The Kier molecular flexibility index (Phi) is 0.457. The van der Waals surface area contributed by atoms with Crippen LogP contribution >= 0.6 is 0 Å². The van der Waals surface area contributed by atoms with Crippen molar-refractivity contribution < 1.29 is 21.6 Å². The fourth-order valence-corrected chi connectivity index (χ4v) is 1.25. The summed E-state index contributed by atoms with van der Waals surface area (Å²) in [6.45, 7) is -13.1. The molecule has 2 N–H and O–H groups in total. The molecule has 1 aliphatic heterocycles. The summed E-state index contributed by atoms with van der Waals surface area (Å²) in [6.07, 6.45) is -3.33. The molecule has 0 spiro atoms. The van der Waals surface area contributed by atoms with Crippen LogP contribution < -0.4 is 5.32 Å². The molecule has 0 aromatic rings. The van der Waals surface area contributed by atoms with E-state index >= 15 is 0 Å². The lowest BCUT2D eigenvalue weighted by molar-refractivity contribution is 0.0396. The lowest BCUT2D eigenvalue weighted by Crippen LogP contribution is -2.59. The predicted octanol–water partition coefficient (Wildman–Crippen LogP) is 1.29. The molecule has 1 saturated heterocycles. The van der Waals surface area contributed by atoms with Crippen molar-refractivity contribution in [3.63, 3.8) is 0 Å². The Labute approximate surface area is 85.9 Å². The van der Waals surface area contributed by atoms with Crippen molar-refractivity contribution in [2.45, 2.75) is 57.4 Å². The fraction of sp³-hybridized carbons (Fsp3) is 1.00. The normalized spacial score (nSPS) is 51.0. The molecule has 11 heavy (non-hydrogen) atoms. The van der Waals surface area contributed by atoms with Crippen molar-refractivity contribution in [2.24, 2.45) is 0 Å². The van der Waals surface area contributed by atoms with E-state index in [-0.39, 0.29) is 0 Å². The molecule has 2 nitrogen and oxygen atoms in total. The molecule has 1 heterocycles. The second-order valence-corrected chi connectivity index (χ2v) is 3.00. The molecule has 66 valence electrons. The van der Waals surface area contributed by atoms with Crippen LogP contribution in [0, 0.1) is 0 Å². The number of aliphatic hydroxyl groups is 1. The molecule has 0 bridgehead atoms. The van der Waals surface area contributed by atoms with E-state index in [0.717, 1.165) is 0 Å². The first kappa shape index (κ1) is 2.05. The molecule has 0 atom stereocenters. The van der Waals surface area contributed by atoms with Crippen LogP contribution in [0.15, 0.2) is 0 Å². The van der Waals surface area contributed by atoms with Gasteiger partial charge in [-0.2, -0.15) is 0 Å². The van der Waals surface area contributed by atoms with Crippen molar-refractivity contribution in [3.8, 4) is 0 Å². The van der Waals surface area contributed by atoms with E-state index in [0.29, 0.717) is 0 Å². The molecule has 0 aliphatic carbocycles. The molecule has 0 unspecified atom stereocenters. The summed E-state index contributed by atoms with van der Waals surface area (Å²) < 4.78 is 90.5. The van der Waals surface area contributed by atoms with Crippen LogP contribution in [0.4, 0.5) is 0 Å². The van der Waals surface area contributed by atoms with Crippen LogP contribution in [0.25, 0.3) is 0 Å². The Bertz CT molecular complexity index is 375. The maximum Gasteiger partial charge on any atom is 0.0575 e. The average molecular weight is 169 g/mol. The molecule has 0 aromatic heterocycles. The highest BCUT2D eigenvalue weighted by atomic mass is 16.3. The van der Waals surface area contributed by atoms with Crippen LogP contribution in [0.2, 0.25) is 0 Å². The van der Waals surface area contributed by atoms with Gasteiger partial charge in [0.25, 0.3) is 0 Å². The van der Waals surface area contributed by atoms with Crippen LogP contribution in [0.1, 0.15) is 56.7 Å². The monoisotopic (exact) mass is 169 g/mol. The molecule has 1 aliphatic rings. The SMILES string of the molecule is [2H]C([2H])([2H])C1(C([2H])([2H])[2H])CC(O)CC(C([2H])([2H])[2H])(C([2H])([2H])[2H])N1. The second-order valence-electron chi connectivity index (χ2n) is 3.00. The van der Waals surface area contributed by atoms with E-state index in [1.165, 1.54) is 0 Å². The summed E-state index contributed by atoms with van der Waals surface area (Å²) in [5.41, 5.74) is -5.69. The minimum absolute atomic E-state index is 0.812. The van der Waals surface area contributed by atoms with Crippen molar-refractivity contribution in [3.05, 3.63) is 0 Å². The van der Waals surface area contributed by atoms with Gasteiger partial charge < -0.3 is 10.4 Å². The van der Waals surface area contributed by atoms with E-state index in [1.54, 1.807) is 0 Å². The number of rotatable bonds is 0. The zero-order valence-corrected chi connectivity index (χ0v) is 5.94. The quantitative estimate of drug-likeness (QED) is 0.573. The third-order valence-corrected chi connectivity index (χ3v) is 1.51. The highest BCUT2D eigenvalue weighted by Crippen LogP contribution is 2.27. The zero-order chi connectivity index (χ0) is 18.7. The van der Waals surface area contributed by atoms with Crippen molar-refractivity contribution in [2.75, 3.05) is 0 Å². The molecular weight excluding hydrogens is 138 g/mol. The van der Waals surface area contributed by atoms with Gasteiger partial charge in [-0.15, -0.1) is 0 Å². The number of piperidine rings is 1. The molecule has 2 heteroatoms. The van der Waals surface area contributed by atoms with Crippen LogP contribution in [0.3, 0.4) is 0 Å².